The number of halogens is 1. The van der Waals surface area contributed by atoms with Crippen molar-refractivity contribution >= 4 is 28.9 Å². The fraction of sp³-hybridized carbons (Fsp3) is 0.368. The summed E-state index contributed by atoms with van der Waals surface area (Å²) in [5.41, 5.74) is -0.154. The number of benzene rings is 1. The van der Waals surface area contributed by atoms with E-state index in [9.17, 15) is 10.2 Å². The molecule has 0 saturated carbocycles. The summed E-state index contributed by atoms with van der Waals surface area (Å²) in [6.45, 7) is 1.67. The third kappa shape index (κ3) is 3.73. The Balaban J connectivity index is 1.71. The van der Waals surface area contributed by atoms with Crippen LogP contribution in [0.4, 0.5) is 5.95 Å². The number of hydrogen-bond donors (Lipinski definition) is 2. The van der Waals surface area contributed by atoms with Gasteiger partial charge in [-0.25, -0.2) is 0 Å². The zero-order valence-corrected chi connectivity index (χ0v) is 16.3. The minimum absolute atomic E-state index is 0.215. The van der Waals surface area contributed by atoms with Gasteiger partial charge in [0.15, 0.2) is 5.82 Å². The van der Waals surface area contributed by atoms with Gasteiger partial charge in [0, 0.05) is 23.5 Å². The highest BCUT2D eigenvalue weighted by Crippen LogP contribution is 2.32. The number of thiophene rings is 1. The maximum absolute atomic E-state index is 10.3. The summed E-state index contributed by atoms with van der Waals surface area (Å²) in [6.07, 6.45) is 0.994. The van der Waals surface area contributed by atoms with Gasteiger partial charge in [0.2, 0.25) is 5.95 Å². The molecule has 1 aromatic carbocycles. The van der Waals surface area contributed by atoms with E-state index < -0.39 is 5.60 Å². The number of nitrogens with zero attached hydrogens (tertiary/aromatic N) is 4. The van der Waals surface area contributed by atoms with Crippen molar-refractivity contribution in [3.8, 4) is 11.4 Å². The van der Waals surface area contributed by atoms with Crippen molar-refractivity contribution in [2.24, 2.45) is 0 Å². The molecule has 4 rings (SSSR count). The second-order valence-corrected chi connectivity index (χ2v) is 8.28. The average molecular weight is 405 g/mol. The molecule has 0 radical (unpaired) electrons. The molecule has 3 heterocycles. The highest BCUT2D eigenvalue weighted by Gasteiger charge is 2.33. The molecule has 142 valence electrons. The minimum Gasteiger partial charge on any atom is -0.393 e. The Morgan fingerprint density at radius 2 is 1.89 bits per heavy atom. The van der Waals surface area contributed by atoms with Gasteiger partial charge >= 0.3 is 0 Å². The number of piperidine rings is 1. The third-order valence-electron chi connectivity index (χ3n) is 5.01. The van der Waals surface area contributed by atoms with Crippen LogP contribution in [0.2, 0.25) is 5.02 Å². The maximum Gasteiger partial charge on any atom is 0.227 e. The number of anilines is 1. The lowest BCUT2D eigenvalue weighted by molar-refractivity contribution is -0.0328. The summed E-state index contributed by atoms with van der Waals surface area (Å²) in [5, 5.41) is 31.3. The van der Waals surface area contributed by atoms with E-state index in [2.05, 4.69) is 31.1 Å². The van der Waals surface area contributed by atoms with E-state index in [0.717, 1.165) is 17.3 Å². The quantitative estimate of drug-likeness (QED) is 0.683. The molecular weight excluding hydrogens is 384 g/mol. The molecule has 6 nitrogen and oxygen atoms in total. The van der Waals surface area contributed by atoms with Crippen molar-refractivity contribution in [1.29, 1.82) is 0 Å². The highest BCUT2D eigenvalue weighted by atomic mass is 35.5. The van der Waals surface area contributed by atoms with Gasteiger partial charge < -0.3 is 15.1 Å². The molecule has 0 atom stereocenters. The van der Waals surface area contributed by atoms with Crippen LogP contribution in [-0.4, -0.2) is 50.3 Å². The minimum atomic E-state index is -0.999. The second-order valence-electron chi connectivity index (χ2n) is 6.84. The molecule has 8 heteroatoms. The molecule has 0 aliphatic carbocycles. The van der Waals surface area contributed by atoms with Crippen LogP contribution in [-0.2, 0) is 6.54 Å². The molecule has 3 aromatic rings. The molecule has 2 N–H and O–H groups in total. The molecular formula is C19H21ClN4O2S. The Morgan fingerprint density at radius 3 is 2.56 bits per heavy atom. The SMILES string of the molecule is OCC1(O)CCN(c2nnc(-c3ccccc3Cl)n2Cc2cccs2)CC1. The van der Waals surface area contributed by atoms with Crippen LogP contribution in [0.25, 0.3) is 11.4 Å². The fourth-order valence-electron chi connectivity index (χ4n) is 3.36. The second kappa shape index (κ2) is 7.59. The van der Waals surface area contributed by atoms with Crippen LogP contribution in [0.15, 0.2) is 41.8 Å². The van der Waals surface area contributed by atoms with Gasteiger partial charge in [-0.15, -0.1) is 21.5 Å². The normalized spacial score (nSPS) is 16.6. The van der Waals surface area contributed by atoms with Gasteiger partial charge in [-0.1, -0.05) is 29.8 Å². The lowest BCUT2D eigenvalue weighted by Crippen LogP contribution is -2.47. The molecule has 0 unspecified atom stereocenters. The average Bonchev–Trinajstić information content (AvgIpc) is 3.34. The van der Waals surface area contributed by atoms with Crippen molar-refractivity contribution in [2.45, 2.75) is 25.0 Å². The first-order chi connectivity index (χ1) is 13.1. The Bertz CT molecular complexity index is 904. The summed E-state index contributed by atoms with van der Waals surface area (Å²) in [7, 11) is 0. The van der Waals surface area contributed by atoms with E-state index in [1.807, 2.05) is 30.3 Å². The van der Waals surface area contributed by atoms with Gasteiger partial charge in [-0.3, -0.25) is 4.57 Å². The molecule has 0 amide bonds. The van der Waals surface area contributed by atoms with Crippen LogP contribution in [0, 0.1) is 0 Å². The Morgan fingerprint density at radius 1 is 1.11 bits per heavy atom. The molecule has 0 bridgehead atoms. The first kappa shape index (κ1) is 18.4. The topological polar surface area (TPSA) is 74.4 Å². The smallest absolute Gasteiger partial charge is 0.227 e. The highest BCUT2D eigenvalue weighted by molar-refractivity contribution is 7.09. The monoisotopic (exact) mass is 404 g/mol. The Hall–Kier alpha value is -1.93. The molecule has 1 aliphatic heterocycles. The lowest BCUT2D eigenvalue weighted by Gasteiger charge is -2.37. The van der Waals surface area contributed by atoms with Crippen LogP contribution >= 0.6 is 22.9 Å². The molecule has 0 spiro atoms. The van der Waals surface area contributed by atoms with Crippen LogP contribution in [0.1, 0.15) is 17.7 Å². The summed E-state index contributed by atoms with van der Waals surface area (Å²) < 4.78 is 2.08. The predicted octanol–water partition coefficient (Wildman–Crippen LogP) is 3.03. The van der Waals surface area contributed by atoms with Crippen molar-refractivity contribution in [1.82, 2.24) is 14.8 Å². The Kier molecular flexibility index (Phi) is 5.19. The van der Waals surface area contributed by atoms with Gasteiger partial charge in [0.1, 0.15) is 0 Å². The maximum atomic E-state index is 10.3. The largest absolute Gasteiger partial charge is 0.393 e. The molecule has 27 heavy (non-hydrogen) atoms. The fourth-order valence-corrected chi connectivity index (χ4v) is 4.27. The molecule has 1 aliphatic rings. The molecule has 1 saturated heterocycles. The zero-order chi connectivity index (χ0) is 18.9. The lowest BCUT2D eigenvalue weighted by atomic mass is 9.93. The van der Waals surface area contributed by atoms with Crippen LogP contribution in [0.3, 0.4) is 0 Å². The van der Waals surface area contributed by atoms with Crippen LogP contribution in [0.5, 0.6) is 0 Å². The van der Waals surface area contributed by atoms with E-state index in [4.69, 9.17) is 11.6 Å². The van der Waals surface area contributed by atoms with E-state index in [1.54, 1.807) is 11.3 Å². The summed E-state index contributed by atoms with van der Waals surface area (Å²) in [6, 6.07) is 11.7. The molecule has 2 aromatic heterocycles. The van der Waals surface area contributed by atoms with Gasteiger partial charge in [-0.05, 0) is 36.4 Å². The molecule has 1 fully saturated rings. The summed E-state index contributed by atoms with van der Waals surface area (Å²) in [4.78, 5) is 3.32. The van der Waals surface area contributed by atoms with Gasteiger partial charge in [0.05, 0.1) is 23.8 Å². The first-order valence-electron chi connectivity index (χ1n) is 8.88. The van der Waals surface area contributed by atoms with Gasteiger partial charge in [0.25, 0.3) is 0 Å². The van der Waals surface area contributed by atoms with E-state index in [0.29, 0.717) is 37.5 Å². The number of aromatic nitrogens is 3. The van der Waals surface area contributed by atoms with Crippen molar-refractivity contribution in [2.75, 3.05) is 24.6 Å². The standard InChI is InChI=1S/C19H21ClN4O2S/c20-16-6-2-1-5-15(16)17-21-22-18(24(17)12-14-4-3-11-27-14)23-9-7-19(26,13-25)8-10-23/h1-6,11,25-26H,7-10,12-13H2. The third-order valence-corrected chi connectivity index (χ3v) is 6.20. The van der Waals surface area contributed by atoms with Crippen LogP contribution < -0.4 is 4.90 Å². The number of aliphatic hydroxyl groups excluding tert-OH is 1. The zero-order valence-electron chi connectivity index (χ0n) is 14.8. The summed E-state index contributed by atoms with van der Waals surface area (Å²) in [5.74, 6) is 1.49. The van der Waals surface area contributed by atoms with E-state index in [-0.39, 0.29) is 6.61 Å². The Labute approximate surface area is 166 Å². The number of rotatable bonds is 5. The number of hydrogen-bond acceptors (Lipinski definition) is 6. The first-order valence-corrected chi connectivity index (χ1v) is 10.1. The van der Waals surface area contributed by atoms with E-state index >= 15 is 0 Å². The predicted molar refractivity (Wildman–Crippen MR) is 107 cm³/mol. The van der Waals surface area contributed by atoms with Crippen molar-refractivity contribution in [3.05, 3.63) is 51.7 Å². The summed E-state index contributed by atoms with van der Waals surface area (Å²) >= 11 is 8.10. The van der Waals surface area contributed by atoms with E-state index in [1.165, 1.54) is 4.88 Å². The number of aliphatic hydroxyl groups is 2. The van der Waals surface area contributed by atoms with Crippen molar-refractivity contribution in [3.63, 3.8) is 0 Å². The van der Waals surface area contributed by atoms with Gasteiger partial charge in [-0.2, -0.15) is 0 Å². The van der Waals surface area contributed by atoms with Crippen molar-refractivity contribution < 1.29 is 10.2 Å².